The van der Waals surface area contributed by atoms with Gasteiger partial charge in [-0.25, -0.2) is 4.98 Å². The first kappa shape index (κ1) is 17.3. The molecule has 1 aliphatic carbocycles. The fourth-order valence-electron chi connectivity index (χ4n) is 4.77. The van der Waals surface area contributed by atoms with Crippen molar-refractivity contribution in [2.24, 2.45) is 0 Å². The van der Waals surface area contributed by atoms with Crippen LogP contribution in [0.3, 0.4) is 0 Å². The maximum Gasteiger partial charge on any atom is 0.0737 e. The van der Waals surface area contributed by atoms with Crippen molar-refractivity contribution in [3.05, 3.63) is 103 Å². The molecule has 0 spiro atoms. The molecule has 1 aliphatic heterocycles. The van der Waals surface area contributed by atoms with E-state index >= 15 is 0 Å². The quantitative estimate of drug-likeness (QED) is 0.266. The topological polar surface area (TPSA) is 44.5 Å². The SMILES string of the molecule is c1ccc2c(c1)-c1cc-2cc2ccc(cc3nc(cc4ccc(c1)[nH]4)-c1ccccc1-3)[nH]2. The molecule has 2 aromatic carbocycles. The minimum Gasteiger partial charge on any atom is -0.355 e. The monoisotopic (exact) mass is 409 g/mol. The molecule has 0 unspecified atom stereocenters. The Morgan fingerprint density at radius 2 is 0.812 bits per heavy atom. The second-order valence-corrected chi connectivity index (χ2v) is 8.34. The molecule has 3 nitrogen and oxygen atoms in total. The molecule has 2 aliphatic rings. The van der Waals surface area contributed by atoms with Gasteiger partial charge in [-0.2, -0.15) is 0 Å². The van der Waals surface area contributed by atoms with Crippen molar-refractivity contribution in [1.82, 2.24) is 15.0 Å². The van der Waals surface area contributed by atoms with E-state index in [0.29, 0.717) is 0 Å². The zero-order valence-electron chi connectivity index (χ0n) is 17.3. The van der Waals surface area contributed by atoms with Gasteiger partial charge in [0.15, 0.2) is 0 Å². The molecule has 0 saturated carbocycles. The summed E-state index contributed by atoms with van der Waals surface area (Å²) in [6.07, 6.45) is 0. The van der Waals surface area contributed by atoms with Crippen molar-refractivity contribution in [3.8, 4) is 44.8 Å². The van der Waals surface area contributed by atoms with Crippen LogP contribution in [0, 0.1) is 0 Å². The lowest BCUT2D eigenvalue weighted by atomic mass is 10.1. The van der Waals surface area contributed by atoms with Crippen molar-refractivity contribution in [3.63, 3.8) is 0 Å². The summed E-state index contributed by atoms with van der Waals surface area (Å²) in [5.74, 6) is 0. The molecule has 3 heteroatoms. The third-order valence-corrected chi connectivity index (χ3v) is 6.25. The molecule has 5 aromatic rings. The van der Waals surface area contributed by atoms with Gasteiger partial charge in [-0.15, -0.1) is 0 Å². The Labute approximate surface area is 185 Å². The van der Waals surface area contributed by atoms with Crippen LogP contribution >= 0.6 is 0 Å². The van der Waals surface area contributed by atoms with Gasteiger partial charge >= 0.3 is 0 Å². The van der Waals surface area contributed by atoms with Crippen LogP contribution in [0.1, 0.15) is 0 Å². The number of hydrogen-bond donors (Lipinski definition) is 2. The molecule has 7 rings (SSSR count). The molecule has 0 atom stereocenters. The Hall–Kier alpha value is -4.37. The molecule has 0 fully saturated rings. The molecule has 2 N–H and O–H groups in total. The van der Waals surface area contributed by atoms with Crippen molar-refractivity contribution >= 4 is 22.1 Å². The Morgan fingerprint density at radius 3 is 1.28 bits per heavy atom. The van der Waals surface area contributed by atoms with E-state index < -0.39 is 0 Å². The average Bonchev–Trinajstić information content (AvgIpc) is 3.58. The van der Waals surface area contributed by atoms with E-state index in [4.69, 9.17) is 4.98 Å². The molecular formula is C29H19N3. The van der Waals surface area contributed by atoms with Crippen LogP contribution in [0.2, 0.25) is 0 Å². The van der Waals surface area contributed by atoms with Crippen LogP contribution < -0.4 is 0 Å². The molecular weight excluding hydrogens is 390 g/mol. The van der Waals surface area contributed by atoms with E-state index in [1.165, 1.54) is 22.3 Å². The van der Waals surface area contributed by atoms with Crippen LogP contribution in [0.4, 0.5) is 0 Å². The normalized spacial score (nSPS) is 11.8. The van der Waals surface area contributed by atoms with Gasteiger partial charge in [0.1, 0.15) is 0 Å². The van der Waals surface area contributed by atoms with Crippen LogP contribution in [-0.4, -0.2) is 15.0 Å². The van der Waals surface area contributed by atoms with E-state index in [-0.39, 0.29) is 0 Å². The molecule has 0 saturated heterocycles. The first-order valence-electron chi connectivity index (χ1n) is 10.8. The highest BCUT2D eigenvalue weighted by Crippen LogP contribution is 2.39. The van der Waals surface area contributed by atoms with E-state index in [1.54, 1.807) is 0 Å². The average molecular weight is 409 g/mol. The Kier molecular flexibility index (Phi) is 3.55. The summed E-state index contributed by atoms with van der Waals surface area (Å²) in [7, 11) is 0. The second kappa shape index (κ2) is 6.56. The molecule has 3 aromatic heterocycles. The van der Waals surface area contributed by atoms with Gasteiger partial charge < -0.3 is 9.97 Å². The summed E-state index contributed by atoms with van der Waals surface area (Å²) < 4.78 is 0. The minimum atomic E-state index is 0.978. The largest absolute Gasteiger partial charge is 0.355 e. The number of rotatable bonds is 0. The van der Waals surface area contributed by atoms with Gasteiger partial charge in [0.2, 0.25) is 0 Å². The predicted octanol–water partition coefficient (Wildman–Crippen LogP) is 7.59. The lowest BCUT2D eigenvalue weighted by Crippen LogP contribution is -1.75. The Balaban J connectivity index is 1.60. The smallest absolute Gasteiger partial charge is 0.0737 e. The Morgan fingerprint density at radius 1 is 0.406 bits per heavy atom. The summed E-state index contributed by atoms with van der Waals surface area (Å²) in [6, 6.07) is 36.5. The maximum absolute atomic E-state index is 4.97. The van der Waals surface area contributed by atoms with Gasteiger partial charge in [0.25, 0.3) is 0 Å². The molecule has 4 heterocycles. The first-order valence-corrected chi connectivity index (χ1v) is 10.8. The number of aromatic amines is 2. The number of hydrogen-bond acceptors (Lipinski definition) is 1. The van der Waals surface area contributed by atoms with Gasteiger partial charge in [-0.1, -0.05) is 48.5 Å². The number of aromatic nitrogens is 3. The number of nitrogens with one attached hydrogen (secondary N) is 2. The standard InChI is InChI=1S/C29H19N3/c1-2-6-25-19-13-18(24(25)5-1)14-20-9-11-22(30-20)16-28-26-7-3-4-8-27(26)29(32-28)17-23-12-10-21(15-19)31-23/h1-17,30-31H. The van der Waals surface area contributed by atoms with Gasteiger partial charge in [-0.3, -0.25) is 0 Å². The summed E-state index contributed by atoms with van der Waals surface area (Å²) >= 11 is 0. The van der Waals surface area contributed by atoms with Crippen molar-refractivity contribution in [2.75, 3.05) is 0 Å². The highest BCUT2D eigenvalue weighted by Gasteiger charge is 2.16. The van der Waals surface area contributed by atoms with Crippen LogP contribution in [0.25, 0.3) is 66.8 Å². The van der Waals surface area contributed by atoms with Crippen molar-refractivity contribution in [1.29, 1.82) is 0 Å². The second-order valence-electron chi connectivity index (χ2n) is 8.34. The van der Waals surface area contributed by atoms with Gasteiger partial charge in [0, 0.05) is 33.2 Å². The highest BCUT2D eigenvalue weighted by atomic mass is 14.8. The van der Waals surface area contributed by atoms with E-state index in [2.05, 4.69) is 113 Å². The highest BCUT2D eigenvalue weighted by molar-refractivity contribution is 5.93. The zero-order chi connectivity index (χ0) is 21.1. The first-order chi connectivity index (χ1) is 15.8. The van der Waals surface area contributed by atoms with E-state index in [0.717, 1.165) is 44.6 Å². The number of fused-ring (bicyclic) bond motifs is 14. The molecule has 32 heavy (non-hydrogen) atoms. The molecule has 8 bridgehead atoms. The maximum atomic E-state index is 4.97. The molecule has 150 valence electrons. The van der Waals surface area contributed by atoms with E-state index in [1.807, 2.05) is 0 Å². The number of H-pyrrole nitrogens is 2. The summed E-state index contributed by atoms with van der Waals surface area (Å²) in [5.41, 5.74) is 13.5. The fraction of sp³-hybridized carbons (Fsp3) is 0. The zero-order valence-corrected chi connectivity index (χ0v) is 17.3. The third kappa shape index (κ3) is 2.72. The summed E-state index contributed by atoms with van der Waals surface area (Å²) in [6.45, 7) is 0. The van der Waals surface area contributed by atoms with E-state index in [9.17, 15) is 0 Å². The van der Waals surface area contributed by atoms with Gasteiger partial charge in [0.05, 0.1) is 11.4 Å². The minimum absolute atomic E-state index is 0.978. The molecule has 0 radical (unpaired) electrons. The summed E-state index contributed by atoms with van der Waals surface area (Å²) in [4.78, 5) is 12.1. The fourth-order valence-corrected chi connectivity index (χ4v) is 4.77. The third-order valence-electron chi connectivity index (χ3n) is 6.25. The van der Waals surface area contributed by atoms with Crippen LogP contribution in [0.15, 0.2) is 103 Å². The lowest BCUT2D eigenvalue weighted by Gasteiger charge is -1.99. The van der Waals surface area contributed by atoms with Crippen molar-refractivity contribution in [2.45, 2.75) is 0 Å². The number of nitrogens with zero attached hydrogens (tertiary/aromatic N) is 1. The Bertz CT molecular complexity index is 1440. The van der Waals surface area contributed by atoms with Crippen LogP contribution in [0.5, 0.6) is 0 Å². The van der Waals surface area contributed by atoms with Crippen LogP contribution in [-0.2, 0) is 0 Å². The predicted molar refractivity (Wildman–Crippen MR) is 132 cm³/mol. The number of benzene rings is 2. The summed E-state index contributed by atoms with van der Waals surface area (Å²) in [5, 5.41) is 0. The van der Waals surface area contributed by atoms with Gasteiger partial charge in [-0.05, 0) is 76.9 Å². The van der Waals surface area contributed by atoms with Crippen molar-refractivity contribution < 1.29 is 0 Å². The lowest BCUT2D eigenvalue weighted by molar-refractivity contribution is 1.41. The molecule has 0 amide bonds.